The van der Waals surface area contributed by atoms with Crippen molar-refractivity contribution in [3.8, 4) is 0 Å². The maximum atomic E-state index is 11.9. The largest absolute Gasteiger partial charge is 0.480 e. The van der Waals surface area contributed by atoms with E-state index in [0.717, 1.165) is 11.1 Å². The maximum absolute atomic E-state index is 11.9. The maximum Gasteiger partial charge on any atom is 0.326 e. The minimum atomic E-state index is -1.21. The predicted molar refractivity (Wildman–Crippen MR) is 77.9 cm³/mol. The van der Waals surface area contributed by atoms with Crippen LogP contribution in [0.3, 0.4) is 0 Å². The first-order chi connectivity index (χ1) is 9.81. The Morgan fingerprint density at radius 1 is 1.24 bits per heavy atom. The number of rotatable bonds is 6. The molecule has 0 aliphatic rings. The molecule has 1 aromatic carbocycles. The Labute approximate surface area is 122 Å². The van der Waals surface area contributed by atoms with Gasteiger partial charge in [-0.05, 0) is 31.4 Å². The Kier molecular flexibility index (Phi) is 5.71. The second-order valence-electron chi connectivity index (χ2n) is 4.76. The lowest BCUT2D eigenvalue weighted by Gasteiger charge is -2.16. The van der Waals surface area contributed by atoms with Crippen molar-refractivity contribution >= 4 is 23.6 Å². The van der Waals surface area contributed by atoms with Gasteiger partial charge in [-0.2, -0.15) is 0 Å². The third kappa shape index (κ3) is 5.13. The van der Waals surface area contributed by atoms with Crippen molar-refractivity contribution in [3.63, 3.8) is 0 Å². The Balaban J connectivity index is 2.70. The number of carbonyl (C=O) groups excluding carboxylic acids is 2. The smallest absolute Gasteiger partial charge is 0.326 e. The number of benzene rings is 1. The summed E-state index contributed by atoms with van der Waals surface area (Å²) in [6.07, 6.45) is -0.161. The number of nitrogens with one attached hydrogen (secondary N) is 2. The van der Waals surface area contributed by atoms with Gasteiger partial charge in [-0.15, -0.1) is 0 Å². The molecule has 0 fully saturated rings. The number of aryl methyl sites for hydroxylation is 2. The number of urea groups is 1. The van der Waals surface area contributed by atoms with E-state index in [9.17, 15) is 14.4 Å². The monoisotopic (exact) mass is 293 g/mol. The van der Waals surface area contributed by atoms with Crippen molar-refractivity contribution in [1.29, 1.82) is 0 Å². The molecule has 1 aromatic rings. The molecular formula is C14H19N3O4. The quantitative estimate of drug-likeness (QED) is 0.628. The molecule has 1 unspecified atom stereocenters. The predicted octanol–water partition coefficient (Wildman–Crippen LogP) is 1.14. The minimum absolute atomic E-state index is 0.0508. The number of carbonyl (C=O) groups is 3. The summed E-state index contributed by atoms with van der Waals surface area (Å²) in [5, 5.41) is 14.0. The van der Waals surface area contributed by atoms with Crippen LogP contribution in [-0.4, -0.2) is 29.1 Å². The molecule has 0 aromatic heterocycles. The summed E-state index contributed by atoms with van der Waals surface area (Å²) in [5.74, 6) is -1.83. The normalized spacial score (nSPS) is 11.5. The molecule has 0 spiro atoms. The Bertz CT molecular complexity index is 537. The second kappa shape index (κ2) is 7.28. The van der Waals surface area contributed by atoms with E-state index in [1.54, 1.807) is 0 Å². The van der Waals surface area contributed by atoms with Crippen molar-refractivity contribution in [3.05, 3.63) is 29.3 Å². The highest BCUT2D eigenvalue weighted by molar-refractivity contribution is 5.93. The van der Waals surface area contributed by atoms with Gasteiger partial charge in [0.05, 0.1) is 0 Å². The Morgan fingerprint density at radius 2 is 1.81 bits per heavy atom. The van der Waals surface area contributed by atoms with Crippen molar-refractivity contribution in [2.45, 2.75) is 32.7 Å². The van der Waals surface area contributed by atoms with Crippen LogP contribution < -0.4 is 16.4 Å². The molecule has 3 amide bonds. The van der Waals surface area contributed by atoms with Gasteiger partial charge in [-0.25, -0.2) is 9.59 Å². The first kappa shape index (κ1) is 16.5. The topological polar surface area (TPSA) is 122 Å². The van der Waals surface area contributed by atoms with Gasteiger partial charge in [0, 0.05) is 12.1 Å². The second-order valence-corrected chi connectivity index (χ2v) is 4.76. The molecule has 114 valence electrons. The van der Waals surface area contributed by atoms with E-state index >= 15 is 0 Å². The van der Waals surface area contributed by atoms with Gasteiger partial charge in [0.25, 0.3) is 0 Å². The molecule has 7 nitrogen and oxygen atoms in total. The van der Waals surface area contributed by atoms with Crippen molar-refractivity contribution in [2.24, 2.45) is 5.73 Å². The van der Waals surface area contributed by atoms with Crippen LogP contribution in [0.15, 0.2) is 18.2 Å². The summed E-state index contributed by atoms with van der Waals surface area (Å²) in [6, 6.07) is 3.74. The first-order valence-electron chi connectivity index (χ1n) is 6.46. The van der Waals surface area contributed by atoms with Crippen LogP contribution in [0.4, 0.5) is 10.5 Å². The summed E-state index contributed by atoms with van der Waals surface area (Å²) in [4.78, 5) is 33.6. The Hall–Kier alpha value is -2.57. The zero-order valence-electron chi connectivity index (χ0n) is 12.0. The van der Waals surface area contributed by atoms with Gasteiger partial charge in [-0.1, -0.05) is 18.2 Å². The fraction of sp³-hybridized carbons (Fsp3) is 0.357. The molecule has 0 aliphatic heterocycles. The minimum Gasteiger partial charge on any atom is -0.480 e. The number of amides is 3. The summed E-state index contributed by atoms with van der Waals surface area (Å²) in [5.41, 5.74) is 7.35. The van der Waals surface area contributed by atoms with Gasteiger partial charge in [0.15, 0.2) is 0 Å². The lowest BCUT2D eigenvalue weighted by Crippen LogP contribution is -2.43. The van der Waals surface area contributed by atoms with Gasteiger partial charge in [-0.3, -0.25) is 4.79 Å². The molecule has 0 bridgehead atoms. The molecular weight excluding hydrogens is 274 g/mol. The van der Waals surface area contributed by atoms with E-state index in [-0.39, 0.29) is 12.8 Å². The van der Waals surface area contributed by atoms with Crippen LogP contribution in [0.25, 0.3) is 0 Å². The zero-order chi connectivity index (χ0) is 16.0. The number of carboxylic acids is 1. The lowest BCUT2D eigenvalue weighted by molar-refractivity contribution is -0.139. The highest BCUT2D eigenvalue weighted by atomic mass is 16.4. The van der Waals surface area contributed by atoms with E-state index in [4.69, 9.17) is 10.8 Å². The first-order valence-corrected chi connectivity index (χ1v) is 6.46. The van der Waals surface area contributed by atoms with Crippen LogP contribution in [0, 0.1) is 13.8 Å². The van der Waals surface area contributed by atoms with E-state index in [1.165, 1.54) is 0 Å². The number of para-hydroxylation sites is 1. The average molecular weight is 293 g/mol. The lowest BCUT2D eigenvalue weighted by atomic mass is 10.1. The molecule has 1 rings (SSSR count). The molecule has 0 saturated carbocycles. The highest BCUT2D eigenvalue weighted by Gasteiger charge is 2.20. The van der Waals surface area contributed by atoms with Crippen LogP contribution in [0.5, 0.6) is 0 Å². The number of carboxylic acid groups (broad SMARTS) is 1. The average Bonchev–Trinajstić information content (AvgIpc) is 2.38. The van der Waals surface area contributed by atoms with Crippen molar-refractivity contribution in [1.82, 2.24) is 5.32 Å². The number of aliphatic carboxylic acids is 1. The van der Waals surface area contributed by atoms with Crippen molar-refractivity contribution < 1.29 is 19.5 Å². The molecule has 5 N–H and O–H groups in total. The SMILES string of the molecule is Cc1cccc(C)c1NC(=O)NC(CCC(N)=O)C(=O)O. The molecule has 0 heterocycles. The summed E-state index contributed by atoms with van der Waals surface area (Å²) in [6.45, 7) is 3.68. The number of anilines is 1. The van der Waals surface area contributed by atoms with Gasteiger partial charge >= 0.3 is 12.0 Å². The molecule has 7 heteroatoms. The van der Waals surface area contributed by atoms with E-state index < -0.39 is 23.9 Å². The summed E-state index contributed by atoms with van der Waals surface area (Å²) < 4.78 is 0. The van der Waals surface area contributed by atoms with E-state index in [0.29, 0.717) is 5.69 Å². The standard InChI is InChI=1S/C14H19N3O4/c1-8-4-3-5-9(2)12(8)17-14(21)16-10(13(19)20)6-7-11(15)18/h3-5,10H,6-7H2,1-2H3,(H2,15,18)(H,19,20)(H2,16,17,21). The molecule has 0 radical (unpaired) electrons. The number of nitrogens with two attached hydrogens (primary N) is 1. The fourth-order valence-electron chi connectivity index (χ4n) is 1.86. The van der Waals surface area contributed by atoms with Gasteiger partial charge in [0.2, 0.25) is 5.91 Å². The molecule has 21 heavy (non-hydrogen) atoms. The summed E-state index contributed by atoms with van der Waals surface area (Å²) >= 11 is 0. The van der Waals surface area contributed by atoms with Gasteiger partial charge in [0.1, 0.15) is 6.04 Å². The van der Waals surface area contributed by atoms with Crippen LogP contribution in [-0.2, 0) is 9.59 Å². The Morgan fingerprint density at radius 3 is 2.29 bits per heavy atom. The third-order valence-electron chi connectivity index (χ3n) is 3.00. The van der Waals surface area contributed by atoms with Gasteiger partial charge < -0.3 is 21.5 Å². The number of hydrogen-bond donors (Lipinski definition) is 4. The third-order valence-corrected chi connectivity index (χ3v) is 3.00. The number of hydrogen-bond acceptors (Lipinski definition) is 3. The molecule has 0 aliphatic carbocycles. The number of primary amides is 1. The van der Waals surface area contributed by atoms with Crippen LogP contribution >= 0.6 is 0 Å². The van der Waals surface area contributed by atoms with Crippen molar-refractivity contribution in [2.75, 3.05) is 5.32 Å². The molecule has 1 atom stereocenters. The van der Waals surface area contributed by atoms with Crippen LogP contribution in [0.1, 0.15) is 24.0 Å². The summed E-state index contributed by atoms with van der Waals surface area (Å²) in [7, 11) is 0. The van der Waals surface area contributed by atoms with E-state index in [2.05, 4.69) is 10.6 Å². The zero-order valence-corrected chi connectivity index (χ0v) is 12.0. The highest BCUT2D eigenvalue weighted by Crippen LogP contribution is 2.19. The fourth-order valence-corrected chi connectivity index (χ4v) is 1.86. The van der Waals surface area contributed by atoms with Crippen LogP contribution in [0.2, 0.25) is 0 Å². The van der Waals surface area contributed by atoms with E-state index in [1.807, 2.05) is 32.0 Å². The molecule has 0 saturated heterocycles.